The molecule has 0 spiro atoms. The summed E-state index contributed by atoms with van der Waals surface area (Å²) in [6, 6.07) is 8.10. The zero-order chi connectivity index (χ0) is 21.1. The molecule has 1 N–H and O–H groups in total. The molecule has 0 saturated carbocycles. The van der Waals surface area contributed by atoms with Crippen molar-refractivity contribution in [3.05, 3.63) is 63.4 Å². The molecule has 4 rings (SSSR count). The van der Waals surface area contributed by atoms with Gasteiger partial charge < -0.3 is 14.2 Å². The lowest BCUT2D eigenvalue weighted by atomic mass is 10.2. The third-order valence-corrected chi connectivity index (χ3v) is 5.33. The summed E-state index contributed by atoms with van der Waals surface area (Å²) in [5, 5.41) is 10.9. The standard InChI is InChI=1S/C20H21N5O5/c26-19(23-12-10-22(11-13-23)15-5-7-21-8-6-15)2-1-9-24-17-4-3-16(25(28)29)14-18(17)30-20(24)27/h3-8,14H,1-2,9-13H2/p+1. The summed E-state index contributed by atoms with van der Waals surface area (Å²) in [6.45, 7) is 3.20. The normalized spacial score (nSPS) is 14.3. The van der Waals surface area contributed by atoms with Crippen LogP contribution in [0, 0.1) is 10.1 Å². The first-order valence-electron chi connectivity index (χ1n) is 9.79. The van der Waals surface area contributed by atoms with E-state index >= 15 is 0 Å². The summed E-state index contributed by atoms with van der Waals surface area (Å²) < 4.78 is 6.53. The number of benzene rings is 1. The van der Waals surface area contributed by atoms with E-state index in [1.165, 1.54) is 22.8 Å². The van der Waals surface area contributed by atoms with Gasteiger partial charge in [-0.1, -0.05) is 0 Å². The second-order valence-corrected chi connectivity index (χ2v) is 7.16. The van der Waals surface area contributed by atoms with Gasteiger partial charge >= 0.3 is 5.76 Å². The molecule has 1 aromatic carbocycles. The van der Waals surface area contributed by atoms with Crippen LogP contribution in [0.25, 0.3) is 11.1 Å². The van der Waals surface area contributed by atoms with Gasteiger partial charge in [0.2, 0.25) is 5.91 Å². The molecule has 1 saturated heterocycles. The minimum atomic E-state index is -0.577. The third-order valence-electron chi connectivity index (χ3n) is 5.33. The van der Waals surface area contributed by atoms with Gasteiger partial charge in [-0.25, -0.2) is 9.78 Å². The predicted molar refractivity (Wildman–Crippen MR) is 108 cm³/mol. The maximum Gasteiger partial charge on any atom is 0.419 e. The minimum absolute atomic E-state index is 0.0625. The maximum atomic E-state index is 12.6. The van der Waals surface area contributed by atoms with Crippen LogP contribution in [0.15, 0.2) is 51.9 Å². The maximum absolute atomic E-state index is 12.6. The second kappa shape index (κ2) is 8.36. The number of nitrogens with zero attached hydrogens (tertiary/aromatic N) is 4. The van der Waals surface area contributed by atoms with Gasteiger partial charge in [-0.3, -0.25) is 19.5 Å². The van der Waals surface area contributed by atoms with Crippen molar-refractivity contribution in [3.8, 4) is 0 Å². The highest BCUT2D eigenvalue weighted by Crippen LogP contribution is 2.20. The Morgan fingerprint density at radius 2 is 1.87 bits per heavy atom. The Morgan fingerprint density at radius 3 is 2.57 bits per heavy atom. The van der Waals surface area contributed by atoms with Crippen LogP contribution in [0.4, 0.5) is 11.4 Å². The number of hydrogen-bond acceptors (Lipinski definition) is 6. The monoisotopic (exact) mass is 412 g/mol. The van der Waals surface area contributed by atoms with Crippen molar-refractivity contribution in [3.63, 3.8) is 0 Å². The molecule has 1 aliphatic rings. The average molecular weight is 412 g/mol. The van der Waals surface area contributed by atoms with Gasteiger partial charge in [0.1, 0.15) is 0 Å². The highest BCUT2D eigenvalue weighted by Gasteiger charge is 2.21. The van der Waals surface area contributed by atoms with Crippen molar-refractivity contribution < 1.29 is 19.1 Å². The van der Waals surface area contributed by atoms with Gasteiger partial charge in [-0.2, -0.15) is 0 Å². The number of nitrogens with one attached hydrogen (secondary N) is 1. The number of aromatic amines is 1. The van der Waals surface area contributed by atoms with Crippen LogP contribution >= 0.6 is 0 Å². The Kier molecular flexibility index (Phi) is 5.46. The summed E-state index contributed by atoms with van der Waals surface area (Å²) in [4.78, 5) is 42.1. The number of amides is 1. The fraction of sp³-hybridized carbons (Fsp3) is 0.350. The smallest absolute Gasteiger partial charge is 0.407 e. The van der Waals surface area contributed by atoms with Crippen molar-refractivity contribution in [2.75, 3.05) is 31.1 Å². The van der Waals surface area contributed by atoms with E-state index in [9.17, 15) is 19.7 Å². The topological polar surface area (TPSA) is 116 Å². The number of carbonyl (C=O) groups is 1. The molecule has 3 heterocycles. The summed E-state index contributed by atoms with van der Waals surface area (Å²) in [5.41, 5.74) is 1.67. The number of fused-ring (bicyclic) bond motifs is 1. The van der Waals surface area contributed by atoms with Crippen molar-refractivity contribution >= 4 is 28.4 Å². The number of pyridine rings is 1. The first-order valence-corrected chi connectivity index (χ1v) is 9.79. The van der Waals surface area contributed by atoms with Crippen molar-refractivity contribution in [2.24, 2.45) is 0 Å². The van der Waals surface area contributed by atoms with Crippen LogP contribution in [0.1, 0.15) is 12.8 Å². The summed E-state index contributed by atoms with van der Waals surface area (Å²) in [7, 11) is 0. The number of aryl methyl sites for hydroxylation is 1. The number of hydrogen-bond donors (Lipinski definition) is 0. The van der Waals surface area contributed by atoms with E-state index in [0.29, 0.717) is 38.0 Å². The molecule has 1 amide bonds. The van der Waals surface area contributed by atoms with E-state index in [0.717, 1.165) is 18.8 Å². The van der Waals surface area contributed by atoms with E-state index in [1.807, 2.05) is 29.4 Å². The van der Waals surface area contributed by atoms with Crippen LogP contribution in [0.3, 0.4) is 0 Å². The fourth-order valence-electron chi connectivity index (χ4n) is 3.73. The van der Waals surface area contributed by atoms with Crippen LogP contribution in [0.5, 0.6) is 0 Å². The van der Waals surface area contributed by atoms with Crippen molar-refractivity contribution in [2.45, 2.75) is 19.4 Å². The molecule has 156 valence electrons. The molecule has 30 heavy (non-hydrogen) atoms. The highest BCUT2D eigenvalue weighted by molar-refractivity contribution is 5.77. The zero-order valence-electron chi connectivity index (χ0n) is 16.3. The van der Waals surface area contributed by atoms with Gasteiger partial charge in [0.25, 0.3) is 5.69 Å². The number of oxazole rings is 1. The zero-order valence-corrected chi connectivity index (χ0v) is 16.3. The molecular formula is C20H22N5O5+. The molecule has 0 unspecified atom stereocenters. The van der Waals surface area contributed by atoms with Crippen LogP contribution in [-0.2, 0) is 11.3 Å². The molecule has 0 atom stereocenters. The number of H-pyrrole nitrogens is 1. The molecule has 0 radical (unpaired) electrons. The number of nitro groups is 1. The molecule has 0 bridgehead atoms. The summed E-state index contributed by atoms with van der Waals surface area (Å²) in [5.74, 6) is -0.515. The van der Waals surface area contributed by atoms with E-state index in [4.69, 9.17) is 4.42 Å². The Morgan fingerprint density at radius 1 is 1.13 bits per heavy atom. The second-order valence-electron chi connectivity index (χ2n) is 7.16. The molecule has 10 heteroatoms. The molecule has 1 fully saturated rings. The van der Waals surface area contributed by atoms with Gasteiger partial charge in [0.15, 0.2) is 18.0 Å². The summed E-state index contributed by atoms with van der Waals surface area (Å²) >= 11 is 0. The molecule has 3 aromatic rings. The number of aromatic nitrogens is 2. The molecule has 2 aromatic heterocycles. The third kappa shape index (κ3) is 4.02. The lowest BCUT2D eigenvalue weighted by Crippen LogP contribution is -2.48. The first-order chi connectivity index (χ1) is 14.5. The fourth-order valence-corrected chi connectivity index (χ4v) is 3.73. The molecular weight excluding hydrogens is 390 g/mol. The van der Waals surface area contributed by atoms with Gasteiger partial charge in [0, 0.05) is 63.0 Å². The quantitative estimate of drug-likeness (QED) is 0.447. The molecule has 0 aliphatic carbocycles. The van der Waals surface area contributed by atoms with Crippen molar-refractivity contribution in [1.82, 2.24) is 9.47 Å². The van der Waals surface area contributed by atoms with Crippen LogP contribution in [0.2, 0.25) is 0 Å². The van der Waals surface area contributed by atoms with E-state index in [1.54, 1.807) is 0 Å². The van der Waals surface area contributed by atoms with Gasteiger partial charge in [-0.15, -0.1) is 0 Å². The lowest BCUT2D eigenvalue weighted by Gasteiger charge is -2.35. The van der Waals surface area contributed by atoms with Crippen LogP contribution in [-0.4, -0.2) is 46.5 Å². The number of nitro benzene ring substituents is 1. The largest absolute Gasteiger partial charge is 0.419 e. The first kappa shape index (κ1) is 19.6. The van der Waals surface area contributed by atoms with Crippen LogP contribution < -0.4 is 15.6 Å². The van der Waals surface area contributed by atoms with Crippen molar-refractivity contribution in [1.29, 1.82) is 0 Å². The number of carbonyl (C=O) groups excluding carboxylic acids is 1. The number of piperazine rings is 1. The lowest BCUT2D eigenvalue weighted by molar-refractivity contribution is -0.384. The Bertz CT molecular complexity index is 1120. The summed E-state index contributed by atoms with van der Waals surface area (Å²) in [6.07, 6.45) is 4.57. The van der Waals surface area contributed by atoms with Gasteiger partial charge in [0.05, 0.1) is 16.5 Å². The highest BCUT2D eigenvalue weighted by atomic mass is 16.6. The number of rotatable bonds is 6. The van der Waals surface area contributed by atoms with E-state index in [-0.39, 0.29) is 17.2 Å². The van der Waals surface area contributed by atoms with E-state index in [2.05, 4.69) is 9.88 Å². The SMILES string of the molecule is O=C(CCCn1c(=O)oc2cc([N+](=O)[O-])ccc21)N1CCN(c2cc[nH+]cc2)CC1. The number of non-ortho nitro benzene ring substituents is 1. The van der Waals surface area contributed by atoms with E-state index < -0.39 is 10.7 Å². The average Bonchev–Trinajstić information content (AvgIpc) is 3.08. The Labute approximate surface area is 171 Å². The van der Waals surface area contributed by atoms with Gasteiger partial charge in [-0.05, 0) is 12.5 Å². The minimum Gasteiger partial charge on any atom is -0.407 e. The molecule has 1 aliphatic heterocycles. The predicted octanol–water partition coefficient (Wildman–Crippen LogP) is 1.45. The number of anilines is 1. The molecule has 10 nitrogen and oxygen atoms in total. The Balaban J connectivity index is 1.31. The Hall–Kier alpha value is -3.69.